The normalized spacial score (nSPS) is 17.6. The van der Waals surface area contributed by atoms with Crippen molar-refractivity contribution >= 4 is 16.5 Å². The monoisotopic (exact) mass is 535 g/mol. The van der Waals surface area contributed by atoms with Crippen LogP contribution in [-0.2, 0) is 18.8 Å². The molecular weight excluding hydrogens is 511 g/mol. The number of aryl methyl sites for hydroxylation is 1. The van der Waals surface area contributed by atoms with Crippen LogP contribution in [0.2, 0.25) is 0 Å². The summed E-state index contributed by atoms with van der Waals surface area (Å²) >= 11 is 0. The summed E-state index contributed by atoms with van der Waals surface area (Å²) in [5.41, 5.74) is 4.06. The maximum absolute atomic E-state index is 13.3. The summed E-state index contributed by atoms with van der Waals surface area (Å²) in [4.78, 5) is 4.91. The molecule has 39 heavy (non-hydrogen) atoms. The lowest BCUT2D eigenvalue weighted by molar-refractivity contribution is -0.302. The van der Waals surface area contributed by atoms with E-state index in [9.17, 15) is 18.4 Å². The molecule has 9 nitrogen and oxygen atoms in total. The highest BCUT2D eigenvalue weighted by Crippen LogP contribution is 2.47. The molecule has 1 fully saturated rings. The average Bonchev–Trinajstić information content (AvgIpc) is 3.36. The predicted molar refractivity (Wildman–Crippen MR) is 135 cm³/mol. The molecular formula is C27H24F3N7O2. The Labute approximate surface area is 221 Å². The van der Waals surface area contributed by atoms with Gasteiger partial charge in [-0.25, -0.2) is 9.67 Å². The highest BCUT2D eigenvalue weighted by molar-refractivity contribution is 5.95. The van der Waals surface area contributed by atoms with E-state index in [0.717, 1.165) is 35.0 Å². The molecule has 0 spiro atoms. The summed E-state index contributed by atoms with van der Waals surface area (Å²) in [6.07, 6.45) is 3.81. The van der Waals surface area contributed by atoms with Crippen molar-refractivity contribution in [2.24, 2.45) is 20.0 Å². The number of aromatic nitrogens is 6. The third-order valence-corrected chi connectivity index (χ3v) is 6.95. The van der Waals surface area contributed by atoms with Crippen molar-refractivity contribution in [2.75, 3.05) is 7.11 Å². The molecule has 0 saturated heterocycles. The quantitative estimate of drug-likeness (QED) is 0.328. The summed E-state index contributed by atoms with van der Waals surface area (Å²) in [6.45, 7) is 0. The molecule has 0 aliphatic heterocycles. The summed E-state index contributed by atoms with van der Waals surface area (Å²) in [6, 6.07) is 7.72. The van der Waals surface area contributed by atoms with Crippen LogP contribution in [0.15, 0.2) is 48.5 Å². The zero-order valence-corrected chi connectivity index (χ0v) is 21.4. The summed E-state index contributed by atoms with van der Waals surface area (Å²) in [5, 5.41) is 19.2. The standard InChI is InChI=1S/C27H24F3N7O2/c1-35-14-21(26(34-35)38-3)37-13-19-17(5-4-6-20(19)33-37)23-24(16-8-9-16)36(2)25(32-23)18-10-7-15(12-31)11-22(18)39-27(28,29)30/h4-6,10-11,13-16H,7-9H2,1-3H3. The number of methoxy groups -OCH3 is 1. The summed E-state index contributed by atoms with van der Waals surface area (Å²) in [7, 11) is 5.15. The summed E-state index contributed by atoms with van der Waals surface area (Å²) in [5.74, 6) is -0.0941. The van der Waals surface area contributed by atoms with Crippen molar-refractivity contribution in [1.82, 2.24) is 29.1 Å². The third kappa shape index (κ3) is 4.43. The number of allylic oxidation sites excluding steroid dienone is 3. The zero-order chi connectivity index (χ0) is 27.5. The van der Waals surface area contributed by atoms with Gasteiger partial charge in [0.25, 0.3) is 5.88 Å². The fraction of sp³-hybridized carbons (Fsp3) is 0.333. The van der Waals surface area contributed by atoms with E-state index in [2.05, 4.69) is 9.84 Å². The number of ether oxygens (including phenoxy) is 2. The minimum Gasteiger partial charge on any atom is -0.478 e. The van der Waals surface area contributed by atoms with E-state index in [1.807, 2.05) is 42.1 Å². The molecule has 200 valence electrons. The molecule has 1 unspecified atom stereocenters. The minimum atomic E-state index is -4.90. The van der Waals surface area contributed by atoms with E-state index in [-0.39, 0.29) is 17.9 Å². The molecule has 0 amide bonds. The molecule has 0 N–H and O–H groups in total. The minimum absolute atomic E-state index is 0.220. The second kappa shape index (κ2) is 9.04. The van der Waals surface area contributed by atoms with Gasteiger partial charge in [0, 0.05) is 42.9 Å². The first-order valence-corrected chi connectivity index (χ1v) is 12.4. The maximum Gasteiger partial charge on any atom is 0.573 e. The van der Waals surface area contributed by atoms with Crippen molar-refractivity contribution in [2.45, 2.75) is 31.5 Å². The number of halogens is 3. The van der Waals surface area contributed by atoms with Crippen molar-refractivity contribution in [3.63, 3.8) is 0 Å². The molecule has 12 heteroatoms. The summed E-state index contributed by atoms with van der Waals surface area (Å²) < 4.78 is 54.9. The van der Waals surface area contributed by atoms with Crippen LogP contribution in [0, 0.1) is 17.2 Å². The lowest BCUT2D eigenvalue weighted by Crippen LogP contribution is -2.17. The van der Waals surface area contributed by atoms with E-state index in [1.54, 1.807) is 35.8 Å². The number of nitrogens with zero attached hydrogens (tertiary/aromatic N) is 7. The van der Waals surface area contributed by atoms with Gasteiger partial charge in [-0.15, -0.1) is 18.3 Å². The Morgan fingerprint density at radius 3 is 2.62 bits per heavy atom. The number of hydrogen-bond donors (Lipinski definition) is 0. The van der Waals surface area contributed by atoms with Crippen LogP contribution < -0.4 is 4.74 Å². The first-order chi connectivity index (χ1) is 18.7. The van der Waals surface area contributed by atoms with Gasteiger partial charge < -0.3 is 14.0 Å². The molecule has 1 saturated carbocycles. The van der Waals surface area contributed by atoms with E-state index in [1.165, 1.54) is 6.08 Å². The van der Waals surface area contributed by atoms with Crippen LogP contribution in [-0.4, -0.2) is 42.6 Å². The van der Waals surface area contributed by atoms with Crippen LogP contribution in [0.3, 0.4) is 0 Å². The predicted octanol–water partition coefficient (Wildman–Crippen LogP) is 5.39. The first-order valence-electron chi connectivity index (χ1n) is 12.4. The molecule has 0 radical (unpaired) electrons. The van der Waals surface area contributed by atoms with Gasteiger partial charge in [0.05, 0.1) is 42.1 Å². The van der Waals surface area contributed by atoms with Crippen LogP contribution in [0.25, 0.3) is 33.4 Å². The van der Waals surface area contributed by atoms with Gasteiger partial charge in [-0.05, 0) is 31.4 Å². The number of imidazole rings is 1. The van der Waals surface area contributed by atoms with Gasteiger partial charge in [-0.1, -0.05) is 18.2 Å². The molecule has 1 atom stereocenters. The van der Waals surface area contributed by atoms with Gasteiger partial charge in [0.2, 0.25) is 0 Å². The topological polar surface area (TPSA) is 95.7 Å². The molecule has 2 aliphatic rings. The smallest absolute Gasteiger partial charge is 0.478 e. The Bertz CT molecular complexity index is 1700. The SMILES string of the molecule is COc1nn(C)cc1-n1cc2c(-c3nc(C4=CCC(C#N)C=C4OC(F)(F)F)n(C)c3C3CC3)cccc2n1. The van der Waals surface area contributed by atoms with Crippen molar-refractivity contribution in [3.8, 4) is 28.9 Å². The Morgan fingerprint density at radius 2 is 1.92 bits per heavy atom. The van der Waals surface area contributed by atoms with E-state index >= 15 is 0 Å². The number of rotatable bonds is 6. The van der Waals surface area contributed by atoms with Crippen LogP contribution in [0.4, 0.5) is 13.2 Å². The Kier molecular flexibility index (Phi) is 5.75. The van der Waals surface area contributed by atoms with Crippen molar-refractivity contribution in [1.29, 1.82) is 5.26 Å². The number of fused-ring (bicyclic) bond motifs is 1. The first kappa shape index (κ1) is 24.8. The van der Waals surface area contributed by atoms with Crippen LogP contribution >= 0.6 is 0 Å². The number of benzene rings is 1. The van der Waals surface area contributed by atoms with Gasteiger partial charge in [0.15, 0.2) is 0 Å². The Hall–Kier alpha value is -4.53. The van der Waals surface area contributed by atoms with Crippen LogP contribution in [0.1, 0.15) is 36.7 Å². The number of alkyl halides is 3. The lowest BCUT2D eigenvalue weighted by atomic mass is 9.96. The largest absolute Gasteiger partial charge is 0.573 e. The molecule has 6 rings (SSSR count). The van der Waals surface area contributed by atoms with E-state index in [4.69, 9.17) is 14.8 Å². The average molecular weight is 536 g/mol. The fourth-order valence-electron chi connectivity index (χ4n) is 5.10. The lowest BCUT2D eigenvalue weighted by Gasteiger charge is -2.20. The molecule has 2 aliphatic carbocycles. The van der Waals surface area contributed by atoms with E-state index < -0.39 is 18.0 Å². The highest BCUT2D eigenvalue weighted by atomic mass is 19.4. The van der Waals surface area contributed by atoms with Crippen LogP contribution in [0.5, 0.6) is 5.88 Å². The highest BCUT2D eigenvalue weighted by Gasteiger charge is 2.38. The van der Waals surface area contributed by atoms with Gasteiger partial charge in [-0.2, -0.15) is 10.4 Å². The second-order valence-electron chi connectivity index (χ2n) is 9.68. The molecule has 3 heterocycles. The second-order valence-corrected chi connectivity index (χ2v) is 9.68. The van der Waals surface area contributed by atoms with Gasteiger partial charge >= 0.3 is 6.36 Å². The molecule has 0 bridgehead atoms. The fourth-order valence-corrected chi connectivity index (χ4v) is 5.10. The van der Waals surface area contributed by atoms with Gasteiger partial charge in [-0.3, -0.25) is 4.68 Å². The van der Waals surface area contributed by atoms with Gasteiger partial charge in [0.1, 0.15) is 17.3 Å². The number of nitriles is 1. The van der Waals surface area contributed by atoms with E-state index in [0.29, 0.717) is 23.1 Å². The molecule has 1 aromatic carbocycles. The Morgan fingerprint density at radius 1 is 1.13 bits per heavy atom. The van der Waals surface area contributed by atoms with Crippen molar-refractivity contribution < 1.29 is 22.6 Å². The maximum atomic E-state index is 13.3. The van der Waals surface area contributed by atoms with Crippen molar-refractivity contribution in [3.05, 3.63) is 60.0 Å². The molecule has 3 aromatic heterocycles. The third-order valence-electron chi connectivity index (χ3n) is 6.95. The molecule has 4 aromatic rings. The number of hydrogen-bond acceptors (Lipinski definition) is 6. The zero-order valence-electron chi connectivity index (χ0n) is 21.4. The Balaban J connectivity index is 1.50.